The van der Waals surface area contributed by atoms with Gasteiger partial charge < -0.3 is 10.4 Å². The van der Waals surface area contributed by atoms with Gasteiger partial charge in [-0.3, -0.25) is 9.78 Å². The maximum Gasteiger partial charge on any atom is 0.262 e. The molecule has 0 aliphatic heterocycles. The van der Waals surface area contributed by atoms with E-state index in [0.29, 0.717) is 9.90 Å². The van der Waals surface area contributed by atoms with Gasteiger partial charge in [0.15, 0.2) is 0 Å². The normalized spacial score (nSPS) is 12.4. The number of aliphatic hydroxyl groups excluding tert-OH is 1. The quantitative estimate of drug-likeness (QED) is 0.486. The highest BCUT2D eigenvalue weighted by Gasteiger charge is 2.21. The molecule has 0 fully saturated rings. The SMILES string of the molecule is Cc1ccc(-c2c(C(=O)NCC(C)O)sc3c2cnc2ccc(Cl)cc23)cc1. The molecule has 0 saturated carbocycles. The van der Waals surface area contributed by atoms with Crippen molar-refractivity contribution < 1.29 is 9.90 Å². The number of carbonyl (C=O) groups excluding carboxylic acids is 1. The number of halogens is 1. The Labute approximate surface area is 171 Å². The minimum Gasteiger partial charge on any atom is -0.392 e. The summed E-state index contributed by atoms with van der Waals surface area (Å²) < 4.78 is 0.977. The van der Waals surface area contributed by atoms with E-state index in [1.807, 2.05) is 55.6 Å². The van der Waals surface area contributed by atoms with Gasteiger partial charge in [0.2, 0.25) is 0 Å². The lowest BCUT2D eigenvalue weighted by atomic mass is 10.0. The van der Waals surface area contributed by atoms with Crippen LogP contribution in [0.15, 0.2) is 48.7 Å². The zero-order valence-electron chi connectivity index (χ0n) is 15.5. The number of aliphatic hydroxyl groups is 1. The predicted octanol–water partition coefficient (Wildman–Crippen LogP) is 5.19. The number of fused-ring (bicyclic) bond motifs is 3. The molecule has 4 nitrogen and oxygen atoms in total. The first-order valence-corrected chi connectivity index (χ1v) is 10.2. The topological polar surface area (TPSA) is 62.2 Å². The molecule has 142 valence electrons. The summed E-state index contributed by atoms with van der Waals surface area (Å²) in [5.74, 6) is -0.201. The largest absolute Gasteiger partial charge is 0.392 e. The second-order valence-electron chi connectivity index (χ2n) is 6.89. The fourth-order valence-electron chi connectivity index (χ4n) is 3.19. The monoisotopic (exact) mass is 410 g/mol. The third-order valence-electron chi connectivity index (χ3n) is 4.59. The van der Waals surface area contributed by atoms with Crippen LogP contribution in [-0.2, 0) is 0 Å². The molecule has 4 rings (SSSR count). The number of aromatic nitrogens is 1. The predicted molar refractivity (Wildman–Crippen MR) is 116 cm³/mol. The summed E-state index contributed by atoms with van der Waals surface area (Å²) in [6.07, 6.45) is 1.21. The zero-order chi connectivity index (χ0) is 19.8. The molecule has 0 aliphatic carbocycles. The van der Waals surface area contributed by atoms with Gasteiger partial charge in [-0.2, -0.15) is 0 Å². The minimum absolute atomic E-state index is 0.200. The van der Waals surface area contributed by atoms with Crippen LogP contribution in [0.25, 0.3) is 32.1 Å². The fraction of sp³-hybridized carbons (Fsp3) is 0.182. The summed E-state index contributed by atoms with van der Waals surface area (Å²) in [5.41, 5.74) is 3.81. The molecule has 1 unspecified atom stereocenters. The number of thiophene rings is 1. The van der Waals surface area contributed by atoms with Gasteiger partial charge in [0.05, 0.1) is 11.6 Å². The van der Waals surface area contributed by atoms with Crippen molar-refractivity contribution in [2.45, 2.75) is 20.0 Å². The molecule has 28 heavy (non-hydrogen) atoms. The average molecular weight is 411 g/mol. The van der Waals surface area contributed by atoms with Crippen molar-refractivity contribution in [3.05, 3.63) is 64.1 Å². The van der Waals surface area contributed by atoms with Gasteiger partial charge in [0.25, 0.3) is 5.91 Å². The van der Waals surface area contributed by atoms with Crippen LogP contribution in [0.2, 0.25) is 5.02 Å². The van der Waals surface area contributed by atoms with Crippen molar-refractivity contribution in [1.29, 1.82) is 0 Å². The zero-order valence-corrected chi connectivity index (χ0v) is 17.1. The van der Waals surface area contributed by atoms with Crippen LogP contribution >= 0.6 is 22.9 Å². The van der Waals surface area contributed by atoms with E-state index in [0.717, 1.165) is 37.7 Å². The van der Waals surface area contributed by atoms with Crippen molar-refractivity contribution >= 4 is 49.8 Å². The molecule has 2 heterocycles. The lowest BCUT2D eigenvalue weighted by Crippen LogP contribution is -2.30. The van der Waals surface area contributed by atoms with Crippen molar-refractivity contribution in [3.63, 3.8) is 0 Å². The number of nitrogens with one attached hydrogen (secondary N) is 1. The molecule has 4 aromatic rings. The van der Waals surface area contributed by atoms with Crippen molar-refractivity contribution in [1.82, 2.24) is 10.3 Å². The lowest BCUT2D eigenvalue weighted by molar-refractivity contribution is 0.0928. The van der Waals surface area contributed by atoms with Gasteiger partial charge in [-0.25, -0.2) is 0 Å². The molecule has 0 spiro atoms. The highest BCUT2D eigenvalue weighted by atomic mass is 35.5. The van der Waals surface area contributed by atoms with Crippen LogP contribution in [0, 0.1) is 6.92 Å². The lowest BCUT2D eigenvalue weighted by Gasteiger charge is -2.08. The summed E-state index contributed by atoms with van der Waals surface area (Å²) in [7, 11) is 0. The Kier molecular flexibility index (Phi) is 5.06. The number of carbonyl (C=O) groups is 1. The first-order chi connectivity index (χ1) is 13.4. The molecule has 0 bridgehead atoms. The Bertz CT molecular complexity index is 1180. The number of amides is 1. The van der Waals surface area contributed by atoms with Crippen LogP contribution in [-0.4, -0.2) is 28.6 Å². The van der Waals surface area contributed by atoms with Crippen LogP contribution in [0.4, 0.5) is 0 Å². The summed E-state index contributed by atoms with van der Waals surface area (Å²) >= 11 is 7.65. The molecule has 6 heteroatoms. The number of benzene rings is 2. The highest BCUT2D eigenvalue weighted by Crippen LogP contribution is 2.42. The molecule has 0 saturated heterocycles. The van der Waals surface area contributed by atoms with Crippen LogP contribution in [0.1, 0.15) is 22.2 Å². The maximum atomic E-state index is 12.9. The van der Waals surface area contributed by atoms with Gasteiger partial charge in [-0.1, -0.05) is 41.4 Å². The molecule has 1 atom stereocenters. The van der Waals surface area contributed by atoms with Crippen molar-refractivity contribution in [2.75, 3.05) is 6.54 Å². The van der Waals surface area contributed by atoms with E-state index >= 15 is 0 Å². The van der Waals surface area contributed by atoms with E-state index in [1.165, 1.54) is 11.3 Å². The van der Waals surface area contributed by atoms with E-state index in [2.05, 4.69) is 10.3 Å². The minimum atomic E-state index is -0.609. The molecule has 0 aliphatic rings. The summed E-state index contributed by atoms with van der Waals surface area (Å²) in [6.45, 7) is 3.87. The van der Waals surface area contributed by atoms with Gasteiger partial charge in [0.1, 0.15) is 4.88 Å². The summed E-state index contributed by atoms with van der Waals surface area (Å²) in [5, 5.41) is 14.8. The third kappa shape index (κ3) is 3.49. The van der Waals surface area contributed by atoms with Gasteiger partial charge in [0, 0.05) is 38.8 Å². The van der Waals surface area contributed by atoms with Crippen molar-refractivity contribution in [3.8, 4) is 11.1 Å². The van der Waals surface area contributed by atoms with E-state index in [4.69, 9.17) is 11.6 Å². The van der Waals surface area contributed by atoms with Gasteiger partial charge in [-0.05, 0) is 37.6 Å². The second kappa shape index (κ2) is 7.51. The molecular formula is C22H19ClN2O2S. The van der Waals surface area contributed by atoms with E-state index in [1.54, 1.807) is 6.92 Å². The molecular weight excluding hydrogens is 392 g/mol. The maximum absolute atomic E-state index is 12.9. The fourth-order valence-corrected chi connectivity index (χ4v) is 4.60. The number of aryl methyl sites for hydroxylation is 1. The molecule has 2 aromatic heterocycles. The van der Waals surface area contributed by atoms with Gasteiger partial charge in [-0.15, -0.1) is 11.3 Å². The number of pyridine rings is 1. The number of hydrogen-bond donors (Lipinski definition) is 2. The first-order valence-electron chi connectivity index (χ1n) is 8.98. The number of hydrogen-bond acceptors (Lipinski definition) is 4. The van der Waals surface area contributed by atoms with Crippen LogP contribution < -0.4 is 5.32 Å². The number of rotatable bonds is 4. The van der Waals surface area contributed by atoms with E-state index in [9.17, 15) is 9.90 Å². The summed E-state index contributed by atoms with van der Waals surface area (Å²) in [4.78, 5) is 18.1. The van der Waals surface area contributed by atoms with Crippen molar-refractivity contribution in [2.24, 2.45) is 0 Å². The Morgan fingerprint density at radius 2 is 1.96 bits per heavy atom. The van der Waals surface area contributed by atoms with Crippen LogP contribution in [0.5, 0.6) is 0 Å². The molecule has 2 aromatic carbocycles. The Hall–Kier alpha value is -2.47. The number of nitrogens with zero attached hydrogens (tertiary/aromatic N) is 1. The summed E-state index contributed by atoms with van der Waals surface area (Å²) in [6, 6.07) is 13.7. The third-order valence-corrected chi connectivity index (χ3v) is 6.06. The van der Waals surface area contributed by atoms with E-state index in [-0.39, 0.29) is 12.5 Å². The Morgan fingerprint density at radius 3 is 2.68 bits per heavy atom. The standard InChI is InChI=1S/C22H19ClN2O2S/c1-12-3-5-14(6-4-12)19-17-11-24-18-8-7-15(23)9-16(18)20(17)28-21(19)22(27)25-10-13(2)26/h3-9,11,13,26H,10H2,1-2H3,(H,25,27). The Balaban J connectivity index is 1.98. The van der Waals surface area contributed by atoms with E-state index < -0.39 is 6.10 Å². The Morgan fingerprint density at radius 1 is 1.21 bits per heavy atom. The molecule has 1 amide bonds. The second-order valence-corrected chi connectivity index (χ2v) is 8.35. The van der Waals surface area contributed by atoms with Crippen LogP contribution in [0.3, 0.4) is 0 Å². The molecule has 0 radical (unpaired) electrons. The highest BCUT2D eigenvalue weighted by molar-refractivity contribution is 7.22. The average Bonchev–Trinajstić information content (AvgIpc) is 3.07. The smallest absolute Gasteiger partial charge is 0.262 e. The molecule has 2 N–H and O–H groups in total. The van der Waals surface area contributed by atoms with Gasteiger partial charge >= 0.3 is 0 Å². The first kappa shape index (κ1) is 18.9.